The van der Waals surface area contributed by atoms with Crippen molar-refractivity contribution in [3.8, 4) is 0 Å². The summed E-state index contributed by atoms with van der Waals surface area (Å²) in [6, 6.07) is 1.86. The molecule has 0 radical (unpaired) electrons. The highest BCUT2D eigenvalue weighted by molar-refractivity contribution is 7.71. The molecule has 5 heterocycles. The number of anilines is 1. The summed E-state index contributed by atoms with van der Waals surface area (Å²) in [7, 11) is -8.17. The molecule has 5 rings (SSSR count). The van der Waals surface area contributed by atoms with Gasteiger partial charge in [-0.15, -0.1) is 0 Å². The molecule has 3 aliphatic rings. The average molecular weight is 721 g/mol. The van der Waals surface area contributed by atoms with Gasteiger partial charge in [0.1, 0.15) is 29.9 Å². The Bertz CT molecular complexity index is 1520. The van der Waals surface area contributed by atoms with E-state index in [9.17, 15) is 9.13 Å². The normalized spacial score (nSPS) is 26.7. The topological polar surface area (TPSA) is 132 Å². The number of fused-ring (bicyclic) bond motifs is 2. The van der Waals surface area contributed by atoms with E-state index in [-0.39, 0.29) is 6.61 Å². The van der Waals surface area contributed by atoms with Gasteiger partial charge in [0.15, 0.2) is 22.7 Å². The molecule has 0 bridgehead atoms. The third kappa shape index (κ3) is 9.17. The second kappa shape index (κ2) is 12.9. The predicted molar refractivity (Wildman–Crippen MR) is 179 cm³/mol. The highest BCUT2D eigenvalue weighted by Crippen LogP contribution is 2.67. The smallest absolute Gasteiger partial charge is 0.343 e. The van der Waals surface area contributed by atoms with Crippen LogP contribution in [0.3, 0.4) is 0 Å². The molecule has 0 aliphatic carbocycles. The summed E-state index contributed by atoms with van der Waals surface area (Å²) in [6.45, 7) is 21.0. The zero-order valence-corrected chi connectivity index (χ0v) is 32.0. The molecule has 3 saturated heterocycles. The van der Waals surface area contributed by atoms with E-state index < -0.39 is 68.1 Å². The summed E-state index contributed by atoms with van der Waals surface area (Å²) in [5.41, 5.74) is -0.865. The maximum atomic E-state index is 14.5. The molecule has 266 valence electrons. The Morgan fingerprint density at radius 1 is 0.915 bits per heavy atom. The number of imidazole rings is 1. The van der Waals surface area contributed by atoms with Crippen molar-refractivity contribution in [3.05, 3.63) is 23.2 Å². The van der Waals surface area contributed by atoms with Crippen molar-refractivity contribution in [1.82, 2.24) is 14.6 Å². The number of hydrogen-bond acceptors (Lipinski definition) is 12. The predicted octanol–water partition coefficient (Wildman–Crippen LogP) is 7.75. The molecule has 47 heavy (non-hydrogen) atoms. The second-order valence-electron chi connectivity index (χ2n) is 15.9. The monoisotopic (exact) mass is 720 g/mol. The molecule has 2 aromatic rings. The molecule has 0 amide bonds. The van der Waals surface area contributed by atoms with E-state index in [0.29, 0.717) is 11.0 Å². The van der Waals surface area contributed by atoms with Gasteiger partial charge in [0.25, 0.3) is 0 Å². The first-order chi connectivity index (χ1) is 21.4. The van der Waals surface area contributed by atoms with Crippen molar-refractivity contribution >= 4 is 38.0 Å². The zero-order chi connectivity index (χ0) is 34.8. The molecule has 3 aliphatic heterocycles. The van der Waals surface area contributed by atoms with Crippen LogP contribution in [0, 0.1) is 0 Å². The van der Waals surface area contributed by atoms with Crippen molar-refractivity contribution in [2.24, 2.45) is 0 Å². The highest BCUT2D eigenvalue weighted by Gasteiger charge is 2.57. The summed E-state index contributed by atoms with van der Waals surface area (Å²) >= 11 is 6.52. The van der Waals surface area contributed by atoms with Gasteiger partial charge < -0.3 is 37.2 Å². The summed E-state index contributed by atoms with van der Waals surface area (Å²) in [5.74, 6) is -1.03. The van der Waals surface area contributed by atoms with Gasteiger partial charge in [0.2, 0.25) is 0 Å². The third-order valence-corrected chi connectivity index (χ3v) is 13.3. The Hall–Kier alpha value is -1.11. The molecule has 0 aromatic carbocycles. The van der Waals surface area contributed by atoms with Crippen LogP contribution in [-0.2, 0) is 41.4 Å². The van der Waals surface area contributed by atoms with E-state index in [1.165, 1.54) is 0 Å². The maximum Gasteiger partial charge on any atom is 0.343 e. The van der Waals surface area contributed by atoms with Gasteiger partial charge in [0, 0.05) is 19.2 Å². The quantitative estimate of drug-likeness (QED) is 0.222. The van der Waals surface area contributed by atoms with E-state index in [0.717, 1.165) is 37.1 Å². The van der Waals surface area contributed by atoms with Gasteiger partial charge in [-0.05, 0) is 89.0 Å². The van der Waals surface area contributed by atoms with E-state index in [1.807, 2.05) is 19.9 Å². The summed E-state index contributed by atoms with van der Waals surface area (Å²) in [5, 5.41) is 4.90. The molecule has 3 fully saturated rings. The van der Waals surface area contributed by atoms with Gasteiger partial charge in [0.05, 0.1) is 35.3 Å². The molecular formula is C31H51ClN4O9P2. The Morgan fingerprint density at radius 3 is 2.04 bits per heavy atom. The van der Waals surface area contributed by atoms with Crippen molar-refractivity contribution in [2.45, 2.75) is 136 Å². The molecule has 0 saturated carbocycles. The average Bonchev–Trinajstić information content (AvgIpc) is 3.62. The number of aromatic nitrogens is 3. The van der Waals surface area contributed by atoms with Crippen molar-refractivity contribution < 1.29 is 41.4 Å². The summed E-state index contributed by atoms with van der Waals surface area (Å²) in [6.07, 6.45) is 1.33. The van der Waals surface area contributed by atoms with Gasteiger partial charge >= 0.3 is 15.2 Å². The lowest BCUT2D eigenvalue weighted by atomic mass is 10.1. The standard InChI is InChI=1S/C31H51ClN4O9P2/c1-28(2,3)43-46(37,19-47(38,44-29(4,5)6)45-30(7,8)9)39-18-22-24-25(42-31(10,11)41-24)26(40-22)27-33-17-21-20(35-14-12-13-15-35)16-23(32)34-36(21)27/h16-17,22,24-26H,12-15,18-19H2,1-11H3/t22-,24-,25-,26-,46?/m1/s1. The van der Waals surface area contributed by atoms with Crippen molar-refractivity contribution in [1.29, 1.82) is 0 Å². The Balaban J connectivity index is 1.44. The number of halogens is 1. The Morgan fingerprint density at radius 2 is 1.47 bits per heavy atom. The SMILES string of the molecule is CC(C)(C)OP(=O)(CP(=O)(OC(C)(C)C)OC(C)(C)C)OC[C@H]1O[C@@H](c2ncc3c(N4CCCC4)cc(Cl)nn23)[C@@H]2OC(C)(C)O[C@@H]21. The van der Waals surface area contributed by atoms with E-state index >= 15 is 0 Å². The van der Waals surface area contributed by atoms with Crippen LogP contribution in [0.5, 0.6) is 0 Å². The molecular weight excluding hydrogens is 670 g/mol. The van der Waals surface area contributed by atoms with Crippen LogP contribution in [0.2, 0.25) is 5.15 Å². The summed E-state index contributed by atoms with van der Waals surface area (Å²) < 4.78 is 73.6. The largest absolute Gasteiger partial charge is 0.370 e. The zero-order valence-electron chi connectivity index (χ0n) is 29.4. The molecule has 0 spiro atoms. The number of ether oxygens (including phenoxy) is 3. The molecule has 13 nitrogen and oxygen atoms in total. The molecule has 5 atom stereocenters. The van der Waals surface area contributed by atoms with Crippen LogP contribution in [0.1, 0.15) is 101 Å². The first-order valence-corrected chi connectivity index (χ1v) is 20.0. The van der Waals surface area contributed by atoms with E-state index in [1.54, 1.807) is 73.0 Å². The van der Waals surface area contributed by atoms with Gasteiger partial charge in [-0.1, -0.05) is 11.6 Å². The van der Waals surface area contributed by atoms with Gasteiger partial charge in [-0.25, -0.2) is 9.50 Å². The number of rotatable bonds is 10. The Kier molecular flexibility index (Phi) is 10.2. The van der Waals surface area contributed by atoms with Crippen LogP contribution in [0.25, 0.3) is 5.52 Å². The van der Waals surface area contributed by atoms with Crippen LogP contribution >= 0.6 is 26.8 Å². The van der Waals surface area contributed by atoms with Crippen molar-refractivity contribution in [2.75, 3.05) is 30.5 Å². The lowest BCUT2D eigenvalue weighted by Crippen LogP contribution is -2.33. The van der Waals surface area contributed by atoms with E-state index in [4.69, 9.17) is 48.9 Å². The minimum absolute atomic E-state index is 0.216. The number of nitrogens with zero attached hydrogens (tertiary/aromatic N) is 4. The van der Waals surface area contributed by atoms with Gasteiger partial charge in [-0.2, -0.15) is 5.10 Å². The number of hydrogen-bond donors (Lipinski definition) is 0. The van der Waals surface area contributed by atoms with Crippen LogP contribution in [0.15, 0.2) is 12.3 Å². The van der Waals surface area contributed by atoms with Crippen LogP contribution < -0.4 is 4.90 Å². The third-order valence-electron chi connectivity index (χ3n) is 7.35. The fourth-order valence-electron chi connectivity index (χ4n) is 6.20. The van der Waals surface area contributed by atoms with Crippen molar-refractivity contribution in [3.63, 3.8) is 0 Å². The molecule has 16 heteroatoms. The second-order valence-corrected chi connectivity index (χ2v) is 20.7. The van der Waals surface area contributed by atoms with E-state index in [2.05, 4.69) is 10.00 Å². The lowest BCUT2D eigenvalue weighted by Gasteiger charge is -2.35. The summed E-state index contributed by atoms with van der Waals surface area (Å²) in [4.78, 5) is 7.01. The fourth-order valence-corrected chi connectivity index (χ4v) is 12.1. The van der Waals surface area contributed by atoms with Crippen LogP contribution in [0.4, 0.5) is 5.69 Å². The minimum Gasteiger partial charge on any atom is -0.370 e. The highest BCUT2D eigenvalue weighted by atomic mass is 35.5. The first-order valence-electron chi connectivity index (χ1n) is 16.2. The maximum absolute atomic E-state index is 14.5. The molecule has 0 N–H and O–H groups in total. The minimum atomic E-state index is -4.15. The lowest BCUT2D eigenvalue weighted by molar-refractivity contribution is -0.191. The molecule has 1 unspecified atom stereocenters. The van der Waals surface area contributed by atoms with Gasteiger partial charge in [-0.3, -0.25) is 9.13 Å². The first kappa shape index (κ1) is 37.2. The van der Waals surface area contributed by atoms with Crippen LogP contribution in [-0.4, -0.2) is 81.1 Å². The molecule has 2 aromatic heterocycles. The fraction of sp³-hybridized carbons (Fsp3) is 0.806. The Labute approximate surface area is 283 Å².